The van der Waals surface area contributed by atoms with Crippen molar-refractivity contribution in [3.63, 3.8) is 0 Å². The van der Waals surface area contributed by atoms with E-state index in [1.54, 1.807) is 4.90 Å². The highest BCUT2D eigenvalue weighted by atomic mass is 19.4. The molecule has 6 nitrogen and oxygen atoms in total. The quantitative estimate of drug-likeness (QED) is 0.819. The zero-order valence-corrected chi connectivity index (χ0v) is 15.4. The largest absolute Gasteiger partial charge is 0.481 e. The van der Waals surface area contributed by atoms with Gasteiger partial charge in [-0.1, -0.05) is 0 Å². The van der Waals surface area contributed by atoms with E-state index < -0.39 is 17.7 Å². The van der Waals surface area contributed by atoms with Crippen molar-refractivity contribution in [1.82, 2.24) is 10.2 Å². The maximum Gasteiger partial charge on any atom is 0.416 e. The second kappa shape index (κ2) is 8.28. The monoisotopic (exact) mass is 399 g/mol. The lowest BCUT2D eigenvalue weighted by atomic mass is 9.86. The van der Waals surface area contributed by atoms with Crippen molar-refractivity contribution in [2.75, 3.05) is 31.1 Å². The van der Waals surface area contributed by atoms with Gasteiger partial charge in [0.05, 0.1) is 11.5 Å². The summed E-state index contributed by atoms with van der Waals surface area (Å²) in [7, 11) is 0. The molecule has 9 heteroatoms. The van der Waals surface area contributed by atoms with Crippen LogP contribution in [-0.2, 0) is 11.0 Å². The number of alkyl halides is 3. The second-order valence-electron chi connectivity index (χ2n) is 7.36. The van der Waals surface area contributed by atoms with Gasteiger partial charge in [0.2, 0.25) is 0 Å². The first-order chi connectivity index (χ1) is 13.2. The van der Waals surface area contributed by atoms with Crippen molar-refractivity contribution in [2.24, 2.45) is 5.92 Å². The van der Waals surface area contributed by atoms with Gasteiger partial charge in [-0.2, -0.15) is 13.2 Å². The fraction of sp³-hybridized carbons (Fsp3) is 0.579. The van der Waals surface area contributed by atoms with E-state index in [1.807, 2.05) is 4.90 Å². The number of anilines is 1. The third-order valence-electron chi connectivity index (χ3n) is 5.53. The van der Waals surface area contributed by atoms with Gasteiger partial charge in [0.1, 0.15) is 0 Å². The van der Waals surface area contributed by atoms with Crippen LogP contribution in [0.15, 0.2) is 24.3 Å². The van der Waals surface area contributed by atoms with E-state index in [0.29, 0.717) is 57.5 Å². The molecule has 0 aromatic heterocycles. The lowest BCUT2D eigenvalue weighted by molar-refractivity contribution is -0.143. The van der Waals surface area contributed by atoms with Gasteiger partial charge in [0, 0.05) is 37.9 Å². The lowest BCUT2D eigenvalue weighted by Crippen LogP contribution is -2.54. The number of rotatable bonds is 3. The van der Waals surface area contributed by atoms with Crippen molar-refractivity contribution < 1.29 is 27.9 Å². The SMILES string of the molecule is O=C(O)C1CCC(NC(=O)N2CCN(c3ccc(C(F)(F)F)cc3)CC2)CC1. The van der Waals surface area contributed by atoms with Crippen LogP contribution in [0.4, 0.5) is 23.7 Å². The molecule has 3 rings (SSSR count). The number of amides is 2. The molecule has 1 aliphatic heterocycles. The average Bonchev–Trinajstić information content (AvgIpc) is 2.68. The van der Waals surface area contributed by atoms with Crippen LogP contribution in [-0.4, -0.2) is 54.2 Å². The fourth-order valence-corrected chi connectivity index (χ4v) is 3.78. The number of piperazine rings is 1. The van der Waals surface area contributed by atoms with Crippen molar-refractivity contribution in [3.8, 4) is 0 Å². The van der Waals surface area contributed by atoms with Crippen LogP contribution in [0.5, 0.6) is 0 Å². The minimum Gasteiger partial charge on any atom is -0.481 e. The van der Waals surface area contributed by atoms with E-state index >= 15 is 0 Å². The molecule has 0 radical (unpaired) electrons. The summed E-state index contributed by atoms with van der Waals surface area (Å²) in [4.78, 5) is 27.1. The Morgan fingerprint density at radius 2 is 1.54 bits per heavy atom. The van der Waals surface area contributed by atoms with Gasteiger partial charge in [0.25, 0.3) is 0 Å². The number of nitrogens with one attached hydrogen (secondary N) is 1. The number of hydrogen-bond donors (Lipinski definition) is 2. The predicted molar refractivity (Wildman–Crippen MR) is 97.1 cm³/mol. The summed E-state index contributed by atoms with van der Waals surface area (Å²) in [6, 6.07) is 4.89. The van der Waals surface area contributed by atoms with E-state index in [4.69, 9.17) is 5.11 Å². The normalized spacial score (nSPS) is 23.4. The minimum atomic E-state index is -4.35. The molecule has 2 fully saturated rings. The van der Waals surface area contributed by atoms with E-state index in [9.17, 15) is 22.8 Å². The highest BCUT2D eigenvalue weighted by Crippen LogP contribution is 2.30. The number of urea groups is 1. The molecule has 28 heavy (non-hydrogen) atoms. The number of nitrogens with zero attached hydrogens (tertiary/aromatic N) is 2. The smallest absolute Gasteiger partial charge is 0.416 e. The van der Waals surface area contributed by atoms with E-state index in [-0.39, 0.29) is 18.0 Å². The molecule has 0 bridgehead atoms. The first kappa shape index (κ1) is 20.3. The van der Waals surface area contributed by atoms with Crippen LogP contribution < -0.4 is 10.2 Å². The molecule has 1 heterocycles. The standard InChI is InChI=1S/C19H24F3N3O3/c20-19(21,22)14-3-7-16(8-4-14)24-9-11-25(12-10-24)18(28)23-15-5-1-13(2-6-15)17(26)27/h3-4,7-8,13,15H,1-2,5-6,9-12H2,(H,23,28)(H,26,27). The molecular weight excluding hydrogens is 375 g/mol. The van der Waals surface area contributed by atoms with Gasteiger partial charge in [-0.15, -0.1) is 0 Å². The Morgan fingerprint density at radius 3 is 2.04 bits per heavy atom. The average molecular weight is 399 g/mol. The Kier molecular flexibility index (Phi) is 6.00. The Hall–Kier alpha value is -2.45. The summed E-state index contributed by atoms with van der Waals surface area (Å²) in [5, 5.41) is 12.0. The summed E-state index contributed by atoms with van der Waals surface area (Å²) in [6.07, 6.45) is -1.88. The number of carboxylic acid groups (broad SMARTS) is 1. The summed E-state index contributed by atoms with van der Waals surface area (Å²) >= 11 is 0. The van der Waals surface area contributed by atoms with Gasteiger partial charge < -0.3 is 20.2 Å². The van der Waals surface area contributed by atoms with Crippen molar-refractivity contribution >= 4 is 17.7 Å². The lowest BCUT2D eigenvalue weighted by Gasteiger charge is -2.37. The Labute approximate surface area is 161 Å². The third kappa shape index (κ3) is 4.88. The number of carbonyl (C=O) groups excluding carboxylic acids is 1. The molecule has 0 atom stereocenters. The molecule has 2 N–H and O–H groups in total. The van der Waals surface area contributed by atoms with Crippen LogP contribution in [0.1, 0.15) is 31.2 Å². The van der Waals surface area contributed by atoms with Gasteiger partial charge in [-0.25, -0.2) is 4.79 Å². The molecule has 2 amide bonds. The zero-order chi connectivity index (χ0) is 20.3. The maximum atomic E-state index is 12.7. The molecule has 0 spiro atoms. The first-order valence-corrected chi connectivity index (χ1v) is 9.44. The molecule has 1 aromatic rings. The van der Waals surface area contributed by atoms with Crippen LogP contribution in [0.25, 0.3) is 0 Å². The number of halogens is 3. The first-order valence-electron chi connectivity index (χ1n) is 9.44. The summed E-state index contributed by atoms with van der Waals surface area (Å²) < 4.78 is 38.0. The van der Waals surface area contributed by atoms with E-state index in [1.165, 1.54) is 12.1 Å². The minimum absolute atomic E-state index is 0.00366. The molecule has 1 saturated carbocycles. The van der Waals surface area contributed by atoms with Crippen molar-refractivity contribution in [3.05, 3.63) is 29.8 Å². The van der Waals surface area contributed by atoms with Gasteiger partial charge in [-0.3, -0.25) is 4.79 Å². The fourth-order valence-electron chi connectivity index (χ4n) is 3.78. The van der Waals surface area contributed by atoms with Crippen LogP contribution in [0, 0.1) is 5.92 Å². The summed E-state index contributed by atoms with van der Waals surface area (Å²) in [5.41, 5.74) is 0.0342. The topological polar surface area (TPSA) is 72.9 Å². The third-order valence-corrected chi connectivity index (χ3v) is 5.53. The van der Waals surface area contributed by atoms with Crippen molar-refractivity contribution in [2.45, 2.75) is 37.9 Å². The molecule has 1 aliphatic carbocycles. The summed E-state index contributed by atoms with van der Waals surface area (Å²) in [6.45, 7) is 2.06. The predicted octanol–water partition coefficient (Wildman–Crippen LogP) is 3.18. The molecule has 154 valence electrons. The van der Waals surface area contributed by atoms with Crippen molar-refractivity contribution in [1.29, 1.82) is 0 Å². The Bertz CT molecular complexity index is 693. The number of carbonyl (C=O) groups is 2. The van der Waals surface area contributed by atoms with Crippen LogP contribution in [0.3, 0.4) is 0 Å². The van der Waals surface area contributed by atoms with Gasteiger partial charge in [0.15, 0.2) is 0 Å². The van der Waals surface area contributed by atoms with Crippen LogP contribution in [0.2, 0.25) is 0 Å². The van der Waals surface area contributed by atoms with Gasteiger partial charge >= 0.3 is 18.2 Å². The van der Waals surface area contributed by atoms with E-state index in [0.717, 1.165) is 12.1 Å². The Balaban J connectivity index is 1.46. The highest BCUT2D eigenvalue weighted by molar-refractivity contribution is 5.75. The number of carboxylic acids is 1. The second-order valence-corrected chi connectivity index (χ2v) is 7.36. The van der Waals surface area contributed by atoms with Gasteiger partial charge in [-0.05, 0) is 49.9 Å². The molecule has 0 unspecified atom stereocenters. The van der Waals surface area contributed by atoms with E-state index in [2.05, 4.69) is 5.32 Å². The zero-order valence-electron chi connectivity index (χ0n) is 15.4. The number of aliphatic carboxylic acids is 1. The maximum absolute atomic E-state index is 12.7. The highest BCUT2D eigenvalue weighted by Gasteiger charge is 2.31. The Morgan fingerprint density at radius 1 is 0.964 bits per heavy atom. The van der Waals surface area contributed by atoms with Crippen LogP contribution >= 0.6 is 0 Å². The summed E-state index contributed by atoms with van der Waals surface area (Å²) in [5.74, 6) is -1.09. The molecular formula is C19H24F3N3O3. The molecule has 1 saturated heterocycles. The number of hydrogen-bond acceptors (Lipinski definition) is 3. The number of benzene rings is 1. The molecule has 1 aromatic carbocycles. The molecule has 2 aliphatic rings.